The molecule has 136 valence electrons. The molecule has 0 aliphatic carbocycles. The Kier molecular flexibility index (Phi) is 5.52. The number of ether oxygens (including phenoxy) is 1. The largest absolute Gasteiger partial charge is 0.496 e. The van der Waals surface area contributed by atoms with E-state index < -0.39 is 0 Å². The van der Waals surface area contributed by atoms with Crippen LogP contribution in [0.25, 0.3) is 11.4 Å². The van der Waals surface area contributed by atoms with E-state index in [-0.39, 0.29) is 11.2 Å². The van der Waals surface area contributed by atoms with E-state index in [0.29, 0.717) is 16.1 Å². The molecule has 0 saturated carbocycles. The van der Waals surface area contributed by atoms with Gasteiger partial charge in [-0.3, -0.25) is 10.1 Å². The molecule has 1 N–H and O–H groups in total. The van der Waals surface area contributed by atoms with Crippen LogP contribution in [0.4, 0.5) is 5.13 Å². The van der Waals surface area contributed by atoms with Gasteiger partial charge in [-0.2, -0.15) is 0 Å². The summed E-state index contributed by atoms with van der Waals surface area (Å²) < 4.78 is 7.24. The van der Waals surface area contributed by atoms with Crippen LogP contribution in [0.5, 0.6) is 5.75 Å². The zero-order valence-corrected chi connectivity index (χ0v) is 16.4. The monoisotopic (exact) mass is 390 g/mol. The standard InChI is InChI=1S/C16H18N6O2S2/c1-9(14(23)17-15-20-18-10(2)26-15)25-16-21-19-13(22(16)3)11-7-5-6-8-12(11)24-4/h5-9H,1-4H3,(H,17,20,23)/t9-/m0/s1. The summed E-state index contributed by atoms with van der Waals surface area (Å²) in [5.74, 6) is 1.24. The number of hydrogen-bond donors (Lipinski definition) is 1. The Morgan fingerprint density at radius 1 is 1.27 bits per heavy atom. The van der Waals surface area contributed by atoms with E-state index in [1.807, 2.05) is 49.7 Å². The van der Waals surface area contributed by atoms with Crippen molar-refractivity contribution in [3.05, 3.63) is 29.3 Å². The normalized spacial score (nSPS) is 12.0. The highest BCUT2D eigenvalue weighted by Crippen LogP contribution is 2.31. The second-order valence-electron chi connectivity index (χ2n) is 5.44. The molecule has 0 unspecified atom stereocenters. The Morgan fingerprint density at radius 2 is 2.04 bits per heavy atom. The van der Waals surface area contributed by atoms with E-state index >= 15 is 0 Å². The van der Waals surface area contributed by atoms with Gasteiger partial charge >= 0.3 is 0 Å². The van der Waals surface area contributed by atoms with Gasteiger partial charge in [0, 0.05) is 7.05 Å². The highest BCUT2D eigenvalue weighted by atomic mass is 32.2. The number of hydrogen-bond acceptors (Lipinski definition) is 8. The van der Waals surface area contributed by atoms with Gasteiger partial charge in [0.1, 0.15) is 10.8 Å². The van der Waals surface area contributed by atoms with Crippen molar-refractivity contribution in [2.24, 2.45) is 7.05 Å². The molecule has 2 aromatic heterocycles. The molecule has 2 heterocycles. The molecule has 0 saturated heterocycles. The number of anilines is 1. The Bertz CT molecular complexity index is 923. The molecule has 0 aliphatic rings. The molecular formula is C16H18N6O2S2. The first-order valence-corrected chi connectivity index (χ1v) is 9.49. The number of aromatic nitrogens is 5. The average molecular weight is 390 g/mol. The highest BCUT2D eigenvalue weighted by Gasteiger charge is 2.21. The molecule has 1 aromatic carbocycles. The Hall–Kier alpha value is -2.46. The Labute approximate surface area is 159 Å². The summed E-state index contributed by atoms with van der Waals surface area (Å²) in [7, 11) is 3.48. The molecular weight excluding hydrogens is 372 g/mol. The molecule has 0 aliphatic heterocycles. The molecule has 3 aromatic rings. The topological polar surface area (TPSA) is 94.8 Å². The first-order valence-electron chi connectivity index (χ1n) is 7.80. The van der Waals surface area contributed by atoms with Gasteiger partial charge in [0.2, 0.25) is 11.0 Å². The third-order valence-electron chi connectivity index (χ3n) is 3.59. The minimum atomic E-state index is -0.368. The van der Waals surface area contributed by atoms with Crippen molar-refractivity contribution in [1.82, 2.24) is 25.0 Å². The summed E-state index contributed by atoms with van der Waals surface area (Å²) >= 11 is 2.66. The number of carbonyl (C=O) groups excluding carboxylic acids is 1. The number of nitrogens with zero attached hydrogens (tertiary/aromatic N) is 5. The molecule has 0 fully saturated rings. The average Bonchev–Trinajstić information content (AvgIpc) is 3.20. The molecule has 1 amide bonds. The molecule has 0 spiro atoms. The molecule has 0 bridgehead atoms. The van der Waals surface area contributed by atoms with Crippen LogP contribution in [0, 0.1) is 6.92 Å². The summed E-state index contributed by atoms with van der Waals surface area (Å²) in [6.45, 7) is 3.65. The van der Waals surface area contributed by atoms with E-state index in [0.717, 1.165) is 16.3 Å². The molecule has 3 rings (SSSR count). The Morgan fingerprint density at radius 3 is 2.73 bits per heavy atom. The number of para-hydroxylation sites is 1. The zero-order valence-electron chi connectivity index (χ0n) is 14.8. The summed E-state index contributed by atoms with van der Waals surface area (Å²) in [5, 5.41) is 20.6. The summed E-state index contributed by atoms with van der Waals surface area (Å²) in [6, 6.07) is 7.61. The molecule has 26 heavy (non-hydrogen) atoms. The SMILES string of the molecule is COc1ccccc1-c1nnc(S[C@@H](C)C(=O)Nc2nnc(C)s2)n1C. The van der Waals surface area contributed by atoms with Gasteiger partial charge in [0.25, 0.3) is 0 Å². The quantitative estimate of drug-likeness (QED) is 0.647. The first kappa shape index (κ1) is 18.3. The number of thioether (sulfide) groups is 1. The van der Waals surface area contributed by atoms with Crippen LogP contribution in [0.3, 0.4) is 0 Å². The second kappa shape index (κ2) is 7.83. The number of aryl methyl sites for hydroxylation is 1. The van der Waals surface area contributed by atoms with Crippen molar-refractivity contribution in [2.75, 3.05) is 12.4 Å². The summed E-state index contributed by atoms with van der Waals surface area (Å²) in [6.07, 6.45) is 0. The van der Waals surface area contributed by atoms with Crippen LogP contribution in [-0.4, -0.2) is 43.2 Å². The van der Waals surface area contributed by atoms with Crippen molar-refractivity contribution < 1.29 is 9.53 Å². The molecule has 1 atom stereocenters. The lowest BCUT2D eigenvalue weighted by Crippen LogP contribution is -2.22. The van der Waals surface area contributed by atoms with E-state index in [9.17, 15) is 4.79 Å². The van der Waals surface area contributed by atoms with Gasteiger partial charge in [-0.05, 0) is 26.0 Å². The second-order valence-corrected chi connectivity index (χ2v) is 7.93. The number of carbonyl (C=O) groups is 1. The van der Waals surface area contributed by atoms with Crippen molar-refractivity contribution in [2.45, 2.75) is 24.3 Å². The van der Waals surface area contributed by atoms with Gasteiger partial charge in [0.05, 0.1) is 17.9 Å². The third kappa shape index (κ3) is 3.86. The lowest BCUT2D eigenvalue weighted by molar-refractivity contribution is -0.115. The van der Waals surface area contributed by atoms with Gasteiger partial charge in [-0.1, -0.05) is 35.2 Å². The van der Waals surface area contributed by atoms with Crippen molar-refractivity contribution >= 4 is 34.1 Å². The maximum absolute atomic E-state index is 12.3. The third-order valence-corrected chi connectivity index (χ3v) is 5.48. The van der Waals surface area contributed by atoms with E-state index in [2.05, 4.69) is 25.7 Å². The Balaban J connectivity index is 1.74. The summed E-state index contributed by atoms with van der Waals surface area (Å²) in [5.41, 5.74) is 0.846. The smallest absolute Gasteiger partial charge is 0.239 e. The molecule has 8 nitrogen and oxygen atoms in total. The van der Waals surface area contributed by atoms with Crippen LogP contribution in [0.1, 0.15) is 11.9 Å². The number of methoxy groups -OCH3 is 1. The summed E-state index contributed by atoms with van der Waals surface area (Å²) in [4.78, 5) is 12.3. The predicted octanol–water partition coefficient (Wildman–Crippen LogP) is 2.77. The van der Waals surface area contributed by atoms with Gasteiger partial charge in [0.15, 0.2) is 11.0 Å². The highest BCUT2D eigenvalue weighted by molar-refractivity contribution is 8.00. The fraction of sp³-hybridized carbons (Fsp3) is 0.312. The zero-order chi connectivity index (χ0) is 18.7. The van der Waals surface area contributed by atoms with E-state index in [1.165, 1.54) is 23.1 Å². The maximum Gasteiger partial charge on any atom is 0.239 e. The number of nitrogens with one attached hydrogen (secondary N) is 1. The van der Waals surface area contributed by atoms with Crippen molar-refractivity contribution in [1.29, 1.82) is 0 Å². The lowest BCUT2D eigenvalue weighted by atomic mass is 10.2. The fourth-order valence-electron chi connectivity index (χ4n) is 2.25. The van der Waals surface area contributed by atoms with Crippen molar-refractivity contribution in [3.63, 3.8) is 0 Å². The minimum Gasteiger partial charge on any atom is -0.496 e. The van der Waals surface area contributed by atoms with Gasteiger partial charge < -0.3 is 9.30 Å². The molecule has 0 radical (unpaired) electrons. The minimum absolute atomic E-state index is 0.159. The maximum atomic E-state index is 12.3. The van der Waals surface area contributed by atoms with Crippen LogP contribution in [0.15, 0.2) is 29.4 Å². The van der Waals surface area contributed by atoms with Gasteiger partial charge in [-0.25, -0.2) is 0 Å². The van der Waals surface area contributed by atoms with Gasteiger partial charge in [-0.15, -0.1) is 20.4 Å². The molecule has 10 heteroatoms. The van der Waals surface area contributed by atoms with E-state index in [1.54, 1.807) is 7.11 Å². The van der Waals surface area contributed by atoms with Crippen LogP contribution >= 0.6 is 23.1 Å². The first-order chi connectivity index (χ1) is 12.5. The van der Waals surface area contributed by atoms with Crippen LogP contribution in [-0.2, 0) is 11.8 Å². The number of amides is 1. The van der Waals surface area contributed by atoms with E-state index in [4.69, 9.17) is 4.74 Å². The van der Waals surface area contributed by atoms with Crippen molar-refractivity contribution in [3.8, 4) is 17.1 Å². The number of rotatable bonds is 6. The number of benzene rings is 1. The fourth-order valence-corrected chi connectivity index (χ4v) is 3.66. The van der Waals surface area contributed by atoms with Crippen LogP contribution < -0.4 is 10.1 Å². The lowest BCUT2D eigenvalue weighted by Gasteiger charge is -2.11. The predicted molar refractivity (Wildman–Crippen MR) is 102 cm³/mol. The van der Waals surface area contributed by atoms with Crippen LogP contribution in [0.2, 0.25) is 0 Å².